The minimum Gasteiger partial charge on any atom is -0.158 e. The van der Waals surface area contributed by atoms with E-state index in [0.717, 1.165) is 5.08 Å². The van der Waals surface area contributed by atoms with Gasteiger partial charge < -0.3 is 0 Å². The van der Waals surface area contributed by atoms with Crippen molar-refractivity contribution in [2.24, 2.45) is 0 Å². The van der Waals surface area contributed by atoms with Gasteiger partial charge in [-0.1, -0.05) is 0 Å². The van der Waals surface area contributed by atoms with Gasteiger partial charge in [-0.05, 0) is 0 Å². The molecule has 0 spiro atoms. The Labute approximate surface area is 61.4 Å². The molecule has 2 nitrogen and oxygen atoms in total. The quantitative estimate of drug-likeness (QED) is 0.570. The average molecular weight is 156 g/mol. The SMILES string of the molecule is c1nncc2c1SCS2. The molecule has 0 fully saturated rings. The normalized spacial score (nSPS) is 15.6. The lowest BCUT2D eigenvalue weighted by Gasteiger charge is -1.88. The lowest BCUT2D eigenvalue weighted by atomic mass is 10.6. The molecule has 0 N–H and O–H groups in total. The van der Waals surface area contributed by atoms with E-state index in [1.807, 2.05) is 35.9 Å². The molecule has 4 heteroatoms. The number of nitrogens with zero attached hydrogens (tertiary/aromatic N) is 2. The fourth-order valence-electron chi connectivity index (χ4n) is 0.672. The molecule has 0 atom stereocenters. The summed E-state index contributed by atoms with van der Waals surface area (Å²) in [4.78, 5) is 2.55. The second-order valence-corrected chi connectivity index (χ2v) is 4.02. The number of fused-ring (bicyclic) bond motifs is 1. The molecule has 2 rings (SSSR count). The zero-order valence-corrected chi connectivity index (χ0v) is 6.21. The highest BCUT2D eigenvalue weighted by molar-refractivity contribution is 8.18. The van der Waals surface area contributed by atoms with Crippen molar-refractivity contribution in [2.75, 3.05) is 5.08 Å². The molecule has 1 aliphatic heterocycles. The molecular formula is C5H4N2S2. The van der Waals surface area contributed by atoms with Crippen LogP contribution in [0, 0.1) is 0 Å². The number of aromatic nitrogens is 2. The number of hydrogen-bond acceptors (Lipinski definition) is 4. The van der Waals surface area contributed by atoms with Crippen LogP contribution in [0.2, 0.25) is 0 Å². The Morgan fingerprint density at radius 3 is 2.22 bits per heavy atom. The third-order valence-corrected chi connectivity index (χ3v) is 3.43. The Kier molecular flexibility index (Phi) is 1.35. The molecule has 46 valence electrons. The molecule has 0 saturated heterocycles. The summed E-state index contributed by atoms with van der Waals surface area (Å²) < 4.78 is 0. The van der Waals surface area contributed by atoms with Crippen molar-refractivity contribution in [3.05, 3.63) is 12.4 Å². The van der Waals surface area contributed by atoms with Gasteiger partial charge in [-0.25, -0.2) is 0 Å². The number of rotatable bonds is 0. The van der Waals surface area contributed by atoms with Gasteiger partial charge in [0.1, 0.15) is 0 Å². The first kappa shape index (κ1) is 5.56. The summed E-state index contributed by atoms with van der Waals surface area (Å²) in [6, 6.07) is 0. The van der Waals surface area contributed by atoms with E-state index in [9.17, 15) is 0 Å². The van der Waals surface area contributed by atoms with Gasteiger partial charge in [-0.15, -0.1) is 23.5 Å². The topological polar surface area (TPSA) is 25.8 Å². The van der Waals surface area contributed by atoms with Gasteiger partial charge in [0.05, 0.1) is 12.4 Å². The van der Waals surface area contributed by atoms with Crippen LogP contribution in [-0.2, 0) is 0 Å². The molecule has 1 aromatic heterocycles. The van der Waals surface area contributed by atoms with Gasteiger partial charge in [-0.2, -0.15) is 10.2 Å². The molecule has 0 unspecified atom stereocenters. The molecule has 0 aliphatic carbocycles. The third kappa shape index (κ3) is 0.923. The maximum atomic E-state index is 3.77. The molecule has 0 aromatic carbocycles. The Balaban J connectivity index is 2.54. The first-order chi connectivity index (χ1) is 4.47. The largest absolute Gasteiger partial charge is 0.158 e. The average Bonchev–Trinajstić information content (AvgIpc) is 2.33. The molecule has 0 saturated carbocycles. The maximum absolute atomic E-state index is 3.77. The summed E-state index contributed by atoms with van der Waals surface area (Å²) >= 11 is 3.66. The van der Waals surface area contributed by atoms with E-state index in [1.54, 1.807) is 0 Å². The van der Waals surface area contributed by atoms with Gasteiger partial charge in [-0.3, -0.25) is 0 Å². The Morgan fingerprint density at radius 1 is 1.11 bits per heavy atom. The van der Waals surface area contributed by atoms with Gasteiger partial charge in [0, 0.05) is 14.9 Å². The van der Waals surface area contributed by atoms with E-state index >= 15 is 0 Å². The second kappa shape index (κ2) is 2.19. The lowest BCUT2D eigenvalue weighted by Crippen LogP contribution is -1.78. The predicted octanol–water partition coefficient (Wildman–Crippen LogP) is 1.63. The van der Waals surface area contributed by atoms with Gasteiger partial charge in [0.25, 0.3) is 0 Å². The number of thioether (sulfide) groups is 2. The molecule has 0 amide bonds. The molecule has 1 aliphatic rings. The van der Waals surface area contributed by atoms with E-state index < -0.39 is 0 Å². The minimum absolute atomic E-state index is 1.11. The smallest absolute Gasteiger partial charge is 0.0643 e. The van der Waals surface area contributed by atoms with Crippen LogP contribution < -0.4 is 0 Å². The van der Waals surface area contributed by atoms with Crippen LogP contribution in [0.4, 0.5) is 0 Å². The van der Waals surface area contributed by atoms with Crippen LogP contribution in [0.15, 0.2) is 22.2 Å². The van der Waals surface area contributed by atoms with Gasteiger partial charge >= 0.3 is 0 Å². The van der Waals surface area contributed by atoms with Crippen LogP contribution in [0.25, 0.3) is 0 Å². The van der Waals surface area contributed by atoms with E-state index in [1.165, 1.54) is 9.79 Å². The maximum Gasteiger partial charge on any atom is 0.0643 e. The Morgan fingerprint density at radius 2 is 1.67 bits per heavy atom. The van der Waals surface area contributed by atoms with Crippen molar-refractivity contribution >= 4 is 23.5 Å². The Hall–Kier alpha value is -0.220. The molecule has 2 heterocycles. The number of hydrogen-bond donors (Lipinski definition) is 0. The van der Waals surface area contributed by atoms with Crippen molar-refractivity contribution < 1.29 is 0 Å². The van der Waals surface area contributed by atoms with Crippen LogP contribution in [0.3, 0.4) is 0 Å². The minimum atomic E-state index is 1.11. The van der Waals surface area contributed by atoms with E-state index in [-0.39, 0.29) is 0 Å². The summed E-state index contributed by atoms with van der Waals surface area (Å²) in [6.45, 7) is 0. The first-order valence-electron chi connectivity index (χ1n) is 2.53. The fourth-order valence-corrected chi connectivity index (χ4v) is 2.91. The van der Waals surface area contributed by atoms with Crippen LogP contribution in [0.1, 0.15) is 0 Å². The summed E-state index contributed by atoms with van der Waals surface area (Å²) in [6.07, 6.45) is 3.64. The van der Waals surface area contributed by atoms with Gasteiger partial charge in [0.15, 0.2) is 0 Å². The third-order valence-electron chi connectivity index (χ3n) is 1.09. The van der Waals surface area contributed by atoms with Crippen molar-refractivity contribution in [1.82, 2.24) is 10.2 Å². The second-order valence-electron chi connectivity index (χ2n) is 1.62. The summed E-state index contributed by atoms with van der Waals surface area (Å²) in [5.41, 5.74) is 0. The molecular weight excluding hydrogens is 152 g/mol. The van der Waals surface area contributed by atoms with E-state index in [4.69, 9.17) is 0 Å². The van der Waals surface area contributed by atoms with Crippen LogP contribution in [-0.4, -0.2) is 15.3 Å². The van der Waals surface area contributed by atoms with E-state index in [2.05, 4.69) is 10.2 Å². The molecule has 9 heavy (non-hydrogen) atoms. The Bertz CT molecular complexity index is 203. The zero-order chi connectivity index (χ0) is 6.10. The highest BCUT2D eigenvalue weighted by atomic mass is 32.2. The molecule has 0 bridgehead atoms. The van der Waals surface area contributed by atoms with E-state index in [0.29, 0.717) is 0 Å². The zero-order valence-electron chi connectivity index (χ0n) is 4.57. The summed E-state index contributed by atoms with van der Waals surface area (Å²) in [5.74, 6) is 0. The van der Waals surface area contributed by atoms with Crippen molar-refractivity contribution in [2.45, 2.75) is 9.79 Å². The van der Waals surface area contributed by atoms with Crippen LogP contribution in [0.5, 0.6) is 0 Å². The molecule has 0 radical (unpaired) electrons. The predicted molar refractivity (Wildman–Crippen MR) is 38.6 cm³/mol. The first-order valence-corrected chi connectivity index (χ1v) is 4.50. The van der Waals surface area contributed by atoms with Crippen molar-refractivity contribution in [1.29, 1.82) is 0 Å². The van der Waals surface area contributed by atoms with Crippen molar-refractivity contribution in [3.63, 3.8) is 0 Å². The van der Waals surface area contributed by atoms with Crippen LogP contribution >= 0.6 is 23.5 Å². The summed E-state index contributed by atoms with van der Waals surface area (Å²) in [5, 5.41) is 8.66. The van der Waals surface area contributed by atoms with Gasteiger partial charge in [0.2, 0.25) is 0 Å². The molecule has 1 aromatic rings. The van der Waals surface area contributed by atoms with Crippen molar-refractivity contribution in [3.8, 4) is 0 Å². The highest BCUT2D eigenvalue weighted by Crippen LogP contribution is 2.39. The lowest BCUT2D eigenvalue weighted by molar-refractivity contribution is 0.949. The summed E-state index contributed by atoms with van der Waals surface area (Å²) in [7, 11) is 0. The monoisotopic (exact) mass is 156 g/mol. The highest BCUT2D eigenvalue weighted by Gasteiger charge is 2.10. The standard InChI is InChI=1S/C5H4N2S2/c1-4-5(2-7-6-1)9-3-8-4/h1-2H,3H2. The fraction of sp³-hybridized carbons (Fsp3) is 0.200.